The van der Waals surface area contributed by atoms with Gasteiger partial charge in [0, 0.05) is 11.6 Å². The molecule has 1 saturated carbocycles. The first-order valence-corrected chi connectivity index (χ1v) is 7.69. The molecule has 1 fully saturated rings. The Morgan fingerprint density at radius 3 is 2.59 bits per heavy atom. The van der Waals surface area contributed by atoms with Gasteiger partial charge in [-0.1, -0.05) is 30.3 Å². The van der Waals surface area contributed by atoms with Gasteiger partial charge < -0.3 is 10.0 Å². The van der Waals surface area contributed by atoms with Crippen LogP contribution < -0.4 is 0 Å². The molecule has 2 aromatic rings. The molecule has 0 aliphatic heterocycles. The van der Waals surface area contributed by atoms with Gasteiger partial charge in [0.05, 0.1) is 4.47 Å². The number of carboxylic acid groups (broad SMARTS) is 1. The zero-order chi connectivity index (χ0) is 15.7. The normalized spacial score (nSPS) is 13.9. The zero-order valence-corrected chi connectivity index (χ0v) is 13.2. The molecule has 22 heavy (non-hydrogen) atoms. The van der Waals surface area contributed by atoms with E-state index in [1.165, 1.54) is 4.90 Å². The Kier molecular flexibility index (Phi) is 3.98. The molecule has 1 aromatic heterocycles. The van der Waals surface area contributed by atoms with Gasteiger partial charge in [0.1, 0.15) is 17.9 Å². The second-order valence-corrected chi connectivity index (χ2v) is 5.98. The molecule has 6 nitrogen and oxygen atoms in total. The van der Waals surface area contributed by atoms with Crippen LogP contribution in [0.1, 0.15) is 23.3 Å². The molecule has 0 spiro atoms. The largest absolute Gasteiger partial charge is 0.480 e. The van der Waals surface area contributed by atoms with Crippen LogP contribution in [0.2, 0.25) is 0 Å². The molecule has 0 unspecified atom stereocenters. The first-order chi connectivity index (χ1) is 10.6. The Morgan fingerprint density at radius 2 is 2.00 bits per heavy atom. The average Bonchev–Trinajstić information content (AvgIpc) is 3.27. The van der Waals surface area contributed by atoms with Crippen molar-refractivity contribution in [1.82, 2.24) is 15.1 Å². The third kappa shape index (κ3) is 2.89. The number of aromatic amines is 1. The molecule has 0 saturated heterocycles. The smallest absolute Gasteiger partial charge is 0.323 e. The number of halogens is 1. The monoisotopic (exact) mass is 363 g/mol. The maximum Gasteiger partial charge on any atom is 0.323 e. The van der Waals surface area contributed by atoms with Crippen LogP contribution in [0, 0.1) is 0 Å². The summed E-state index contributed by atoms with van der Waals surface area (Å²) in [5.74, 6) is -1.36. The molecule has 1 aliphatic rings. The number of carbonyl (C=O) groups is 2. The van der Waals surface area contributed by atoms with Crippen LogP contribution >= 0.6 is 15.9 Å². The van der Waals surface area contributed by atoms with Crippen molar-refractivity contribution in [2.75, 3.05) is 6.54 Å². The van der Waals surface area contributed by atoms with Crippen molar-refractivity contribution in [3.8, 4) is 11.3 Å². The molecule has 0 atom stereocenters. The van der Waals surface area contributed by atoms with Crippen LogP contribution in [0.25, 0.3) is 11.3 Å². The van der Waals surface area contributed by atoms with E-state index in [0.29, 0.717) is 10.2 Å². The molecule has 1 aromatic carbocycles. The molecule has 1 heterocycles. The van der Waals surface area contributed by atoms with Crippen LogP contribution in [0.15, 0.2) is 34.8 Å². The summed E-state index contributed by atoms with van der Waals surface area (Å²) in [5, 5.41) is 15.9. The SMILES string of the molecule is O=C(O)CN(C(=O)c1[nH]nc(-c2ccccc2)c1Br)C1CC1. The van der Waals surface area contributed by atoms with E-state index in [1.54, 1.807) is 0 Å². The van der Waals surface area contributed by atoms with Crippen molar-refractivity contribution in [2.45, 2.75) is 18.9 Å². The predicted octanol–water partition coefficient (Wildman–Crippen LogP) is 2.53. The van der Waals surface area contributed by atoms with Gasteiger partial charge in [-0.25, -0.2) is 0 Å². The Bertz CT molecular complexity index is 710. The van der Waals surface area contributed by atoms with E-state index in [9.17, 15) is 9.59 Å². The van der Waals surface area contributed by atoms with Gasteiger partial charge in [-0.05, 0) is 28.8 Å². The summed E-state index contributed by atoms with van der Waals surface area (Å²) in [4.78, 5) is 24.9. The number of carbonyl (C=O) groups excluding carboxylic acids is 1. The molecule has 0 radical (unpaired) electrons. The minimum absolute atomic E-state index is 0.0129. The van der Waals surface area contributed by atoms with Crippen molar-refractivity contribution in [2.24, 2.45) is 0 Å². The summed E-state index contributed by atoms with van der Waals surface area (Å²) in [6.07, 6.45) is 1.69. The Balaban J connectivity index is 1.90. The molecular formula is C15H14BrN3O3. The van der Waals surface area contributed by atoms with E-state index in [-0.39, 0.29) is 24.2 Å². The topological polar surface area (TPSA) is 86.3 Å². The van der Waals surface area contributed by atoms with Crippen molar-refractivity contribution in [1.29, 1.82) is 0 Å². The summed E-state index contributed by atoms with van der Waals surface area (Å²) in [6.45, 7) is -0.296. The van der Waals surface area contributed by atoms with Gasteiger partial charge >= 0.3 is 5.97 Å². The number of aromatic nitrogens is 2. The second-order valence-electron chi connectivity index (χ2n) is 5.19. The fourth-order valence-electron chi connectivity index (χ4n) is 2.30. The highest BCUT2D eigenvalue weighted by atomic mass is 79.9. The van der Waals surface area contributed by atoms with E-state index >= 15 is 0 Å². The highest BCUT2D eigenvalue weighted by molar-refractivity contribution is 9.10. The Labute approximate surface area is 135 Å². The lowest BCUT2D eigenvalue weighted by Gasteiger charge is -2.19. The van der Waals surface area contributed by atoms with Crippen molar-refractivity contribution in [3.05, 3.63) is 40.5 Å². The Morgan fingerprint density at radius 1 is 1.32 bits per heavy atom. The lowest BCUT2D eigenvalue weighted by molar-refractivity contribution is -0.137. The highest BCUT2D eigenvalue weighted by Crippen LogP contribution is 2.32. The molecule has 0 bridgehead atoms. The molecule has 3 rings (SSSR count). The fraction of sp³-hybridized carbons (Fsp3) is 0.267. The first-order valence-electron chi connectivity index (χ1n) is 6.90. The molecule has 2 N–H and O–H groups in total. The van der Waals surface area contributed by atoms with Gasteiger partial charge in [-0.15, -0.1) is 0 Å². The van der Waals surface area contributed by atoms with Crippen LogP contribution in [0.5, 0.6) is 0 Å². The van der Waals surface area contributed by atoms with E-state index < -0.39 is 5.97 Å². The predicted molar refractivity (Wildman–Crippen MR) is 83.4 cm³/mol. The number of carboxylic acids is 1. The number of hydrogen-bond donors (Lipinski definition) is 2. The van der Waals surface area contributed by atoms with Gasteiger partial charge in [0.25, 0.3) is 5.91 Å². The van der Waals surface area contributed by atoms with E-state index in [0.717, 1.165) is 18.4 Å². The lowest BCUT2D eigenvalue weighted by atomic mass is 10.1. The third-order valence-corrected chi connectivity index (χ3v) is 4.29. The number of H-pyrrole nitrogens is 1. The minimum Gasteiger partial charge on any atom is -0.480 e. The van der Waals surface area contributed by atoms with Gasteiger partial charge in [0.15, 0.2) is 0 Å². The first kappa shape index (κ1) is 14.8. The van der Waals surface area contributed by atoms with Gasteiger partial charge in [-0.2, -0.15) is 5.10 Å². The van der Waals surface area contributed by atoms with Gasteiger partial charge in [0.2, 0.25) is 0 Å². The van der Waals surface area contributed by atoms with Crippen LogP contribution in [-0.4, -0.2) is 44.7 Å². The van der Waals surface area contributed by atoms with Crippen molar-refractivity contribution >= 4 is 27.8 Å². The lowest BCUT2D eigenvalue weighted by Crippen LogP contribution is -2.37. The summed E-state index contributed by atoms with van der Waals surface area (Å²) in [5.41, 5.74) is 1.79. The maximum absolute atomic E-state index is 12.6. The summed E-state index contributed by atoms with van der Waals surface area (Å²) < 4.78 is 0.555. The molecule has 7 heteroatoms. The summed E-state index contributed by atoms with van der Waals surface area (Å²) >= 11 is 3.40. The number of rotatable bonds is 5. The number of benzene rings is 1. The van der Waals surface area contributed by atoms with E-state index in [2.05, 4.69) is 26.1 Å². The quantitative estimate of drug-likeness (QED) is 0.854. The number of amides is 1. The Hall–Kier alpha value is -2.15. The number of aliphatic carboxylic acids is 1. The summed E-state index contributed by atoms with van der Waals surface area (Å²) in [6, 6.07) is 9.48. The number of hydrogen-bond acceptors (Lipinski definition) is 3. The van der Waals surface area contributed by atoms with E-state index in [4.69, 9.17) is 5.11 Å². The summed E-state index contributed by atoms with van der Waals surface area (Å²) in [7, 11) is 0. The van der Waals surface area contributed by atoms with E-state index in [1.807, 2.05) is 30.3 Å². The van der Waals surface area contributed by atoms with Crippen molar-refractivity contribution in [3.63, 3.8) is 0 Å². The van der Waals surface area contributed by atoms with Gasteiger partial charge in [-0.3, -0.25) is 14.7 Å². The number of nitrogens with one attached hydrogen (secondary N) is 1. The molecule has 1 amide bonds. The molecule has 1 aliphatic carbocycles. The second kappa shape index (κ2) is 5.92. The standard InChI is InChI=1S/C15H14BrN3O3/c16-12-13(9-4-2-1-3-5-9)17-18-14(12)15(22)19(8-11(20)21)10-6-7-10/h1-5,10H,6-8H2,(H,17,18)(H,20,21). The highest BCUT2D eigenvalue weighted by Gasteiger charge is 2.36. The van der Waals surface area contributed by atoms with Crippen LogP contribution in [-0.2, 0) is 4.79 Å². The third-order valence-electron chi connectivity index (χ3n) is 3.52. The molecule has 114 valence electrons. The van der Waals surface area contributed by atoms with Crippen LogP contribution in [0.4, 0.5) is 0 Å². The fourth-order valence-corrected chi connectivity index (χ4v) is 2.88. The number of nitrogens with zero attached hydrogens (tertiary/aromatic N) is 2. The molecular weight excluding hydrogens is 350 g/mol. The minimum atomic E-state index is -1.01. The zero-order valence-electron chi connectivity index (χ0n) is 11.6. The van der Waals surface area contributed by atoms with Crippen LogP contribution in [0.3, 0.4) is 0 Å². The van der Waals surface area contributed by atoms with Crippen molar-refractivity contribution < 1.29 is 14.7 Å². The average molecular weight is 364 g/mol. The maximum atomic E-state index is 12.6.